The predicted molar refractivity (Wildman–Crippen MR) is 53.8 cm³/mol. The fourth-order valence-electron chi connectivity index (χ4n) is 1.34. The van der Waals surface area contributed by atoms with Crippen molar-refractivity contribution in [2.45, 2.75) is 20.3 Å². The number of rotatable bonds is 2. The molecule has 14 heavy (non-hydrogen) atoms. The average molecular weight is 263 g/mol. The van der Waals surface area contributed by atoms with E-state index in [1.54, 1.807) is 6.07 Å². The van der Waals surface area contributed by atoms with E-state index in [0.717, 1.165) is 0 Å². The van der Waals surface area contributed by atoms with Gasteiger partial charge in [-0.1, -0.05) is 22.0 Å². The molecule has 0 aromatic heterocycles. The van der Waals surface area contributed by atoms with Crippen LogP contribution in [0.1, 0.15) is 34.8 Å². The van der Waals surface area contributed by atoms with Gasteiger partial charge in [0.05, 0.1) is 0 Å². The topological polar surface area (TPSA) is 17.1 Å². The van der Waals surface area contributed by atoms with E-state index in [2.05, 4.69) is 15.9 Å². The van der Waals surface area contributed by atoms with Crippen molar-refractivity contribution < 1.29 is 13.6 Å². The van der Waals surface area contributed by atoms with E-state index in [4.69, 9.17) is 0 Å². The highest BCUT2D eigenvalue weighted by Gasteiger charge is 2.18. The van der Waals surface area contributed by atoms with Gasteiger partial charge in [-0.15, -0.1) is 0 Å². The van der Waals surface area contributed by atoms with Crippen LogP contribution in [0.15, 0.2) is 16.6 Å². The van der Waals surface area contributed by atoms with E-state index in [-0.39, 0.29) is 11.3 Å². The number of hydrogen-bond acceptors (Lipinski definition) is 1. The number of carbonyl (C=O) groups is 1. The third-order valence-corrected chi connectivity index (χ3v) is 2.75. The minimum Gasteiger partial charge on any atom is -0.295 e. The van der Waals surface area contributed by atoms with Crippen LogP contribution in [0.3, 0.4) is 0 Å². The van der Waals surface area contributed by atoms with Crippen molar-refractivity contribution in [3.05, 3.63) is 33.3 Å². The molecular weight excluding hydrogens is 254 g/mol. The van der Waals surface area contributed by atoms with Crippen LogP contribution >= 0.6 is 15.9 Å². The minimum absolute atomic E-state index is 0.0994. The lowest BCUT2D eigenvalue weighted by Crippen LogP contribution is -2.01. The summed E-state index contributed by atoms with van der Waals surface area (Å²) in [7, 11) is 0. The molecule has 0 bridgehead atoms. The molecule has 0 heterocycles. The second-order valence-electron chi connectivity index (χ2n) is 2.99. The third-order valence-electron chi connectivity index (χ3n) is 2.06. The van der Waals surface area contributed by atoms with Crippen molar-refractivity contribution in [1.29, 1.82) is 0 Å². The SMILES string of the molecule is CC(=O)c1ccc(Br)c(C(F)F)c1C. The Morgan fingerprint density at radius 3 is 2.43 bits per heavy atom. The van der Waals surface area contributed by atoms with Gasteiger partial charge >= 0.3 is 0 Å². The van der Waals surface area contributed by atoms with Gasteiger partial charge in [-0.3, -0.25) is 4.79 Å². The van der Waals surface area contributed by atoms with E-state index >= 15 is 0 Å². The first-order valence-electron chi connectivity index (χ1n) is 4.03. The van der Waals surface area contributed by atoms with E-state index in [0.29, 0.717) is 15.6 Å². The Bertz CT molecular complexity index is 375. The first-order valence-corrected chi connectivity index (χ1v) is 4.82. The molecule has 0 aliphatic carbocycles. The van der Waals surface area contributed by atoms with Crippen molar-refractivity contribution in [2.24, 2.45) is 0 Å². The van der Waals surface area contributed by atoms with Crippen LogP contribution in [0.4, 0.5) is 8.78 Å². The van der Waals surface area contributed by atoms with Crippen molar-refractivity contribution in [2.75, 3.05) is 0 Å². The summed E-state index contributed by atoms with van der Waals surface area (Å²) in [4.78, 5) is 11.1. The second kappa shape index (κ2) is 4.17. The smallest absolute Gasteiger partial charge is 0.265 e. The van der Waals surface area contributed by atoms with Gasteiger partial charge in [-0.05, 0) is 25.5 Å². The quantitative estimate of drug-likeness (QED) is 0.739. The molecule has 4 heteroatoms. The molecule has 0 N–H and O–H groups in total. The number of Topliss-reactive ketones (excluding diaryl/α,β-unsaturated/α-hetero) is 1. The fourth-order valence-corrected chi connectivity index (χ4v) is 1.95. The highest BCUT2D eigenvalue weighted by Crippen LogP contribution is 2.32. The van der Waals surface area contributed by atoms with Crippen molar-refractivity contribution >= 4 is 21.7 Å². The number of carbonyl (C=O) groups excluding carboxylic acids is 1. The Morgan fingerprint density at radius 1 is 1.43 bits per heavy atom. The molecule has 0 saturated carbocycles. The molecule has 0 atom stereocenters. The van der Waals surface area contributed by atoms with E-state index < -0.39 is 6.43 Å². The Kier molecular flexibility index (Phi) is 3.37. The van der Waals surface area contributed by atoms with E-state index in [9.17, 15) is 13.6 Å². The van der Waals surface area contributed by atoms with E-state index in [1.165, 1.54) is 19.9 Å². The molecule has 0 amide bonds. The maximum Gasteiger partial charge on any atom is 0.265 e. The van der Waals surface area contributed by atoms with Crippen LogP contribution in [0, 0.1) is 6.92 Å². The lowest BCUT2D eigenvalue weighted by Gasteiger charge is -2.10. The van der Waals surface area contributed by atoms with Crippen LogP contribution in [-0.2, 0) is 0 Å². The van der Waals surface area contributed by atoms with Gasteiger partial charge in [-0.25, -0.2) is 8.78 Å². The van der Waals surface area contributed by atoms with Crippen LogP contribution in [0.5, 0.6) is 0 Å². The minimum atomic E-state index is -2.57. The Balaban J connectivity index is 3.41. The van der Waals surface area contributed by atoms with Gasteiger partial charge < -0.3 is 0 Å². The molecule has 0 unspecified atom stereocenters. The maximum atomic E-state index is 12.6. The molecule has 0 saturated heterocycles. The zero-order valence-electron chi connectivity index (χ0n) is 7.77. The molecular formula is C10H9BrF2O. The third kappa shape index (κ3) is 2.00. The van der Waals surface area contributed by atoms with Gasteiger partial charge in [0.2, 0.25) is 0 Å². The first kappa shape index (κ1) is 11.3. The Morgan fingerprint density at radius 2 is 2.00 bits per heavy atom. The molecule has 1 aromatic carbocycles. The normalized spacial score (nSPS) is 10.7. The van der Waals surface area contributed by atoms with Crippen LogP contribution in [-0.4, -0.2) is 5.78 Å². The summed E-state index contributed by atoms with van der Waals surface area (Å²) >= 11 is 3.04. The number of benzene rings is 1. The van der Waals surface area contributed by atoms with Gasteiger partial charge in [0.25, 0.3) is 6.43 Å². The maximum absolute atomic E-state index is 12.6. The Hall–Kier alpha value is -0.770. The molecule has 1 aromatic rings. The monoisotopic (exact) mass is 262 g/mol. The summed E-state index contributed by atoms with van der Waals surface area (Å²) < 4.78 is 25.5. The molecule has 1 nitrogen and oxygen atoms in total. The highest BCUT2D eigenvalue weighted by molar-refractivity contribution is 9.10. The summed E-state index contributed by atoms with van der Waals surface area (Å²) in [6.07, 6.45) is -2.57. The van der Waals surface area contributed by atoms with Crippen LogP contribution in [0.25, 0.3) is 0 Å². The first-order chi connectivity index (χ1) is 6.45. The number of halogens is 3. The van der Waals surface area contributed by atoms with E-state index in [1.807, 2.05) is 0 Å². The van der Waals surface area contributed by atoms with Gasteiger partial charge in [0.15, 0.2) is 5.78 Å². The lowest BCUT2D eigenvalue weighted by molar-refractivity contribution is 0.101. The van der Waals surface area contributed by atoms with Gasteiger partial charge in [0, 0.05) is 15.6 Å². The summed E-state index contributed by atoms with van der Waals surface area (Å²) in [5.74, 6) is -0.197. The molecule has 0 fully saturated rings. The number of ketones is 1. The van der Waals surface area contributed by atoms with Gasteiger partial charge in [-0.2, -0.15) is 0 Å². The molecule has 76 valence electrons. The predicted octanol–water partition coefficient (Wildman–Crippen LogP) is 3.90. The zero-order valence-corrected chi connectivity index (χ0v) is 9.36. The average Bonchev–Trinajstić information content (AvgIpc) is 2.02. The molecule has 1 rings (SSSR count). The number of alkyl halides is 2. The number of hydrogen-bond donors (Lipinski definition) is 0. The fraction of sp³-hybridized carbons (Fsp3) is 0.300. The van der Waals surface area contributed by atoms with Crippen molar-refractivity contribution in [3.63, 3.8) is 0 Å². The molecule has 0 aliphatic heterocycles. The van der Waals surface area contributed by atoms with Gasteiger partial charge in [0.1, 0.15) is 0 Å². The summed E-state index contributed by atoms with van der Waals surface area (Å²) in [6, 6.07) is 3.03. The van der Waals surface area contributed by atoms with Crippen LogP contribution < -0.4 is 0 Å². The van der Waals surface area contributed by atoms with Crippen LogP contribution in [0.2, 0.25) is 0 Å². The van der Waals surface area contributed by atoms with Crippen molar-refractivity contribution in [3.8, 4) is 0 Å². The van der Waals surface area contributed by atoms with Crippen molar-refractivity contribution in [1.82, 2.24) is 0 Å². The summed E-state index contributed by atoms with van der Waals surface area (Å²) in [5.41, 5.74) is 0.600. The second-order valence-corrected chi connectivity index (χ2v) is 3.84. The summed E-state index contributed by atoms with van der Waals surface area (Å²) in [6.45, 7) is 2.90. The molecule has 0 aliphatic rings. The zero-order chi connectivity index (χ0) is 10.9. The lowest BCUT2D eigenvalue weighted by atomic mass is 10.0. The Labute approximate surface area is 89.3 Å². The highest BCUT2D eigenvalue weighted by atomic mass is 79.9. The standard InChI is InChI=1S/C10H9BrF2O/c1-5-7(6(2)14)3-4-8(11)9(5)10(12)13/h3-4,10H,1-2H3. The largest absolute Gasteiger partial charge is 0.295 e. The molecule has 0 radical (unpaired) electrons. The molecule has 0 spiro atoms. The summed E-state index contributed by atoms with van der Waals surface area (Å²) in [5, 5.41) is 0.